The molecule has 5 unspecified atom stereocenters. The molecule has 1 aliphatic heterocycles. The largest absolute Gasteiger partial charge is 0.452 e. The summed E-state index contributed by atoms with van der Waals surface area (Å²) in [5.74, 6) is -1.35. The molecule has 5 rings (SSSR count). The molecule has 206 valence electrons. The molecule has 0 radical (unpaired) electrons. The van der Waals surface area contributed by atoms with Gasteiger partial charge in [0.25, 0.3) is 0 Å². The molecule has 3 aromatic carbocycles. The molecule has 5 atom stereocenters. The first-order valence-electron chi connectivity index (χ1n) is 12.6. The van der Waals surface area contributed by atoms with Crippen molar-refractivity contribution in [3.05, 3.63) is 113 Å². The molecule has 0 aliphatic carbocycles. The van der Waals surface area contributed by atoms with E-state index in [9.17, 15) is 19.5 Å². The lowest BCUT2D eigenvalue weighted by molar-refractivity contribution is -0.253. The molecule has 1 saturated heterocycles. The van der Waals surface area contributed by atoms with Gasteiger partial charge in [0.2, 0.25) is 0 Å². The normalized spacial score (nSPS) is 22.4. The molecule has 0 spiro atoms. The fourth-order valence-electron chi connectivity index (χ4n) is 4.56. The van der Waals surface area contributed by atoms with Crippen molar-refractivity contribution in [2.45, 2.75) is 30.6 Å². The average molecular weight is 546 g/mol. The zero-order chi connectivity index (χ0) is 28.1. The third-order valence-electron chi connectivity index (χ3n) is 6.52. The zero-order valence-corrected chi connectivity index (χ0v) is 21.5. The highest BCUT2D eigenvalue weighted by Gasteiger charge is 2.50. The number of benzene rings is 3. The van der Waals surface area contributed by atoms with Crippen molar-refractivity contribution in [3.8, 4) is 0 Å². The van der Waals surface area contributed by atoms with Gasteiger partial charge in [0, 0.05) is 30.3 Å². The first-order valence-corrected chi connectivity index (χ1v) is 12.6. The van der Waals surface area contributed by atoms with Crippen LogP contribution in [-0.4, -0.2) is 61.4 Å². The molecule has 10 nitrogen and oxygen atoms in total. The van der Waals surface area contributed by atoms with Gasteiger partial charge in [-0.25, -0.2) is 14.4 Å². The van der Waals surface area contributed by atoms with Gasteiger partial charge in [-0.05, 0) is 42.5 Å². The van der Waals surface area contributed by atoms with Crippen LogP contribution < -0.4 is 10.9 Å². The van der Waals surface area contributed by atoms with Gasteiger partial charge in [0.1, 0.15) is 17.7 Å². The van der Waals surface area contributed by atoms with E-state index < -0.39 is 54.8 Å². The summed E-state index contributed by atoms with van der Waals surface area (Å²) in [6, 6.07) is 23.8. The molecular weight excluding hydrogens is 518 g/mol. The Bertz CT molecular complexity index is 1520. The molecule has 0 amide bonds. The Labute approximate surface area is 229 Å². The van der Waals surface area contributed by atoms with Gasteiger partial charge in [0.15, 0.2) is 18.5 Å². The summed E-state index contributed by atoms with van der Waals surface area (Å²) in [6.45, 7) is -0.542. The molecule has 1 aromatic heterocycles. The van der Waals surface area contributed by atoms with E-state index in [1.165, 1.54) is 13.2 Å². The first-order chi connectivity index (χ1) is 19.5. The first kappa shape index (κ1) is 27.1. The molecule has 4 aromatic rings. The third kappa shape index (κ3) is 5.89. The number of esters is 2. The molecule has 40 heavy (non-hydrogen) atoms. The van der Waals surface area contributed by atoms with Gasteiger partial charge < -0.3 is 33.8 Å². The molecule has 10 heteroatoms. The molecular formula is C30H27NO9. The lowest BCUT2D eigenvalue weighted by atomic mass is 9.95. The summed E-state index contributed by atoms with van der Waals surface area (Å²) >= 11 is 0. The second-order valence-electron chi connectivity index (χ2n) is 9.11. The summed E-state index contributed by atoms with van der Waals surface area (Å²) in [6.07, 6.45) is -4.49. The van der Waals surface area contributed by atoms with Crippen molar-refractivity contribution < 1.29 is 38.1 Å². The van der Waals surface area contributed by atoms with Gasteiger partial charge >= 0.3 is 17.6 Å². The predicted molar refractivity (Wildman–Crippen MR) is 144 cm³/mol. The number of aliphatic hydroxyl groups is 1. The minimum absolute atomic E-state index is 0.273. The standard InChI is InChI=1S/C30H27NO9/c1-36-30-25(31-21-14-12-18-13-15-24(33)37-22(18)16-21)27(40-29(35)20-10-6-3-7-11-20)26(23(17-32)38-30)39-28(34)19-8-4-2-5-9-19/h2-16,23,25-27,30-32H,17H2,1H3. The van der Waals surface area contributed by atoms with Crippen LogP contribution in [0.25, 0.3) is 11.0 Å². The van der Waals surface area contributed by atoms with Gasteiger partial charge in [-0.15, -0.1) is 0 Å². The zero-order valence-electron chi connectivity index (χ0n) is 21.5. The second kappa shape index (κ2) is 12.1. The summed E-state index contributed by atoms with van der Waals surface area (Å²) in [4.78, 5) is 38.1. The summed E-state index contributed by atoms with van der Waals surface area (Å²) in [7, 11) is 1.40. The van der Waals surface area contributed by atoms with Crippen LogP contribution in [0, 0.1) is 0 Å². The SMILES string of the molecule is COC1OC(CO)C(OC(=O)c2ccccc2)C(OC(=O)c2ccccc2)C1Nc1ccc2ccc(=O)oc2c1. The number of methoxy groups -OCH3 is 1. The molecule has 2 heterocycles. The number of anilines is 1. The van der Waals surface area contributed by atoms with Crippen LogP contribution in [0.5, 0.6) is 0 Å². The summed E-state index contributed by atoms with van der Waals surface area (Å²) in [5, 5.41) is 14.1. The van der Waals surface area contributed by atoms with Crippen LogP contribution in [-0.2, 0) is 18.9 Å². The fraction of sp³-hybridized carbons (Fsp3) is 0.233. The number of hydrogen-bond acceptors (Lipinski definition) is 10. The molecule has 1 aliphatic rings. The van der Waals surface area contributed by atoms with E-state index in [0.717, 1.165) is 0 Å². The number of carbonyl (C=O) groups excluding carboxylic acids is 2. The van der Waals surface area contributed by atoms with Gasteiger partial charge in [-0.2, -0.15) is 0 Å². The maximum Gasteiger partial charge on any atom is 0.338 e. The Hall–Kier alpha value is -4.51. The Morgan fingerprint density at radius 3 is 2.05 bits per heavy atom. The predicted octanol–water partition coefficient (Wildman–Crippen LogP) is 3.39. The van der Waals surface area contributed by atoms with E-state index in [4.69, 9.17) is 23.4 Å². The highest BCUT2D eigenvalue weighted by Crippen LogP contribution is 2.31. The Morgan fingerprint density at radius 1 is 0.850 bits per heavy atom. The number of nitrogens with one attached hydrogen (secondary N) is 1. The second-order valence-corrected chi connectivity index (χ2v) is 9.11. The highest BCUT2D eigenvalue weighted by atomic mass is 16.7. The number of hydrogen-bond donors (Lipinski definition) is 2. The van der Waals surface area contributed by atoms with Gasteiger partial charge in [-0.1, -0.05) is 36.4 Å². The van der Waals surface area contributed by atoms with Gasteiger partial charge in [0.05, 0.1) is 17.7 Å². The Balaban J connectivity index is 1.52. The van der Waals surface area contributed by atoms with Crippen molar-refractivity contribution in [1.29, 1.82) is 0 Å². The van der Waals surface area contributed by atoms with Crippen molar-refractivity contribution in [3.63, 3.8) is 0 Å². The summed E-state index contributed by atoms with van der Waals surface area (Å²) < 4.78 is 28.6. The molecule has 2 N–H and O–H groups in total. The number of ether oxygens (including phenoxy) is 4. The maximum atomic E-state index is 13.2. The van der Waals surface area contributed by atoms with Crippen LogP contribution in [0.1, 0.15) is 20.7 Å². The minimum Gasteiger partial charge on any atom is -0.452 e. The number of rotatable bonds is 8. The fourth-order valence-corrected chi connectivity index (χ4v) is 4.56. The third-order valence-corrected chi connectivity index (χ3v) is 6.52. The topological polar surface area (TPSA) is 134 Å². The van der Waals surface area contributed by atoms with E-state index in [1.807, 2.05) is 0 Å². The van der Waals surface area contributed by atoms with E-state index in [1.54, 1.807) is 84.9 Å². The van der Waals surface area contributed by atoms with E-state index in [-0.39, 0.29) is 11.1 Å². The van der Waals surface area contributed by atoms with Crippen LogP contribution in [0.3, 0.4) is 0 Å². The molecule has 0 bridgehead atoms. The van der Waals surface area contributed by atoms with E-state index >= 15 is 0 Å². The lowest BCUT2D eigenvalue weighted by Gasteiger charge is -2.45. The van der Waals surface area contributed by atoms with Crippen molar-refractivity contribution in [2.75, 3.05) is 19.0 Å². The monoisotopic (exact) mass is 545 g/mol. The number of fused-ring (bicyclic) bond motifs is 1. The van der Waals surface area contributed by atoms with Gasteiger partial charge in [-0.3, -0.25) is 0 Å². The van der Waals surface area contributed by atoms with Crippen molar-refractivity contribution in [2.24, 2.45) is 0 Å². The smallest absolute Gasteiger partial charge is 0.338 e. The van der Waals surface area contributed by atoms with Crippen LogP contribution in [0.4, 0.5) is 5.69 Å². The highest BCUT2D eigenvalue weighted by molar-refractivity contribution is 5.90. The Morgan fingerprint density at radius 2 is 1.45 bits per heavy atom. The van der Waals surface area contributed by atoms with E-state index in [0.29, 0.717) is 16.7 Å². The molecule has 1 fully saturated rings. The maximum absolute atomic E-state index is 13.2. The van der Waals surface area contributed by atoms with Crippen molar-refractivity contribution in [1.82, 2.24) is 0 Å². The molecule has 0 saturated carbocycles. The van der Waals surface area contributed by atoms with Crippen LogP contribution in [0.15, 0.2) is 100 Å². The van der Waals surface area contributed by atoms with Crippen molar-refractivity contribution >= 4 is 28.6 Å². The van der Waals surface area contributed by atoms with E-state index in [2.05, 4.69) is 5.32 Å². The van der Waals surface area contributed by atoms with Crippen LogP contribution in [0.2, 0.25) is 0 Å². The minimum atomic E-state index is -1.22. The lowest BCUT2D eigenvalue weighted by Crippen LogP contribution is -2.64. The quantitative estimate of drug-likeness (QED) is 0.251. The average Bonchev–Trinajstić information content (AvgIpc) is 2.99. The number of carbonyl (C=O) groups is 2. The Kier molecular flexibility index (Phi) is 8.20. The number of aliphatic hydroxyl groups excluding tert-OH is 1. The summed E-state index contributed by atoms with van der Waals surface area (Å²) in [5.41, 5.74) is 0.877. The van der Waals surface area contributed by atoms with Crippen LogP contribution >= 0.6 is 0 Å².